The lowest BCUT2D eigenvalue weighted by atomic mass is 9.83. The van der Waals surface area contributed by atoms with E-state index in [0.717, 1.165) is 25.7 Å². The molecule has 0 bridgehead atoms. The number of ether oxygens (including phenoxy) is 2. The highest BCUT2D eigenvalue weighted by Gasteiger charge is 2.34. The minimum Gasteiger partial charge on any atom is -0.480 e. The number of hydrogen-bond acceptors (Lipinski definition) is 6. The molecule has 2 N–H and O–H groups in total. The first-order chi connectivity index (χ1) is 15.7. The molecule has 1 aliphatic carbocycles. The van der Waals surface area contributed by atoms with E-state index in [0.29, 0.717) is 18.4 Å². The Morgan fingerprint density at radius 3 is 2.30 bits per heavy atom. The summed E-state index contributed by atoms with van der Waals surface area (Å²) >= 11 is 0. The molecule has 1 heterocycles. The van der Waals surface area contributed by atoms with E-state index in [9.17, 15) is 22.8 Å². The van der Waals surface area contributed by atoms with E-state index in [4.69, 9.17) is 14.6 Å². The molecule has 11 heteroatoms. The molecule has 3 rings (SSSR count). The van der Waals surface area contributed by atoms with E-state index in [1.54, 1.807) is 30.3 Å². The molecule has 8 nitrogen and oxygen atoms in total. The van der Waals surface area contributed by atoms with Gasteiger partial charge >= 0.3 is 18.2 Å². The normalized spacial score (nSPS) is 18.5. The van der Waals surface area contributed by atoms with Crippen LogP contribution in [0.5, 0.6) is 0 Å². The Hall–Kier alpha value is -3.21. The first-order valence-corrected chi connectivity index (χ1v) is 10.5. The Morgan fingerprint density at radius 2 is 1.70 bits per heavy atom. The number of benzene rings is 1. The second-order valence-corrected chi connectivity index (χ2v) is 7.84. The van der Waals surface area contributed by atoms with Crippen molar-refractivity contribution in [2.24, 2.45) is 11.8 Å². The van der Waals surface area contributed by atoms with Crippen molar-refractivity contribution >= 4 is 17.9 Å². The van der Waals surface area contributed by atoms with Crippen LogP contribution in [0, 0.1) is 11.8 Å². The number of carbonyl (C=O) groups excluding carboxylic acids is 1. The average Bonchev–Trinajstić information content (AvgIpc) is 2.78. The number of carbonyl (C=O) groups is 2. The van der Waals surface area contributed by atoms with Crippen molar-refractivity contribution < 1.29 is 37.3 Å². The molecule has 0 atom stereocenters. The van der Waals surface area contributed by atoms with Gasteiger partial charge < -0.3 is 14.6 Å². The molecule has 0 spiro atoms. The van der Waals surface area contributed by atoms with Gasteiger partial charge in [-0.05, 0) is 37.5 Å². The van der Waals surface area contributed by atoms with Gasteiger partial charge in [-0.2, -0.15) is 13.2 Å². The number of nitrogens with one attached hydrogen (secondary N) is 1. The van der Waals surface area contributed by atoms with Crippen molar-refractivity contribution in [1.82, 2.24) is 9.97 Å². The molecule has 1 aromatic carbocycles. The summed E-state index contributed by atoms with van der Waals surface area (Å²) < 4.78 is 49.7. The quantitative estimate of drug-likeness (QED) is 0.583. The Bertz CT molecular complexity index is 948. The van der Waals surface area contributed by atoms with Gasteiger partial charge in [-0.25, -0.2) is 19.6 Å². The summed E-state index contributed by atoms with van der Waals surface area (Å²) in [7, 11) is 0. The van der Waals surface area contributed by atoms with E-state index in [1.807, 2.05) is 0 Å². The van der Waals surface area contributed by atoms with Gasteiger partial charge in [0.25, 0.3) is 0 Å². The Morgan fingerprint density at radius 1 is 1.06 bits per heavy atom. The van der Waals surface area contributed by atoms with Crippen molar-refractivity contribution in [1.29, 1.82) is 0 Å². The molecule has 0 radical (unpaired) electrons. The van der Waals surface area contributed by atoms with Crippen LogP contribution in [0.4, 0.5) is 23.8 Å². The molecule has 2 aromatic rings. The van der Waals surface area contributed by atoms with Gasteiger partial charge in [0, 0.05) is 5.56 Å². The lowest BCUT2D eigenvalue weighted by Crippen LogP contribution is -2.25. The molecular formula is C22H24F3N3O5. The Balaban J connectivity index is 1.55. The molecule has 178 valence electrons. The summed E-state index contributed by atoms with van der Waals surface area (Å²) in [5.74, 6) is -0.723. The van der Waals surface area contributed by atoms with Gasteiger partial charge in [0.15, 0.2) is 11.5 Å². The zero-order valence-corrected chi connectivity index (χ0v) is 17.7. The molecule has 0 aliphatic heterocycles. The highest BCUT2D eigenvalue weighted by Crippen LogP contribution is 2.32. The van der Waals surface area contributed by atoms with Crippen molar-refractivity contribution in [2.75, 3.05) is 25.1 Å². The van der Waals surface area contributed by atoms with Crippen LogP contribution in [0.25, 0.3) is 11.3 Å². The third-order valence-corrected chi connectivity index (χ3v) is 5.33. The topological polar surface area (TPSA) is 111 Å². The van der Waals surface area contributed by atoms with Crippen molar-refractivity contribution in [3.8, 4) is 11.3 Å². The number of aliphatic carboxylic acids is 1. The minimum atomic E-state index is -4.67. The maximum atomic E-state index is 13.1. The first-order valence-electron chi connectivity index (χ1n) is 10.5. The standard InChI is InChI=1S/C22H24F3N3O5/c23-22(24,25)17-10-26-20(19(27-17)16-4-2-1-3-5-16)28-21(31)33-12-15-8-6-14(7-9-15)11-32-13-18(29)30/h1-5,10,14-15H,6-9,11-13H2,(H,29,30)(H,26,28,31). The summed E-state index contributed by atoms with van der Waals surface area (Å²) in [4.78, 5) is 30.2. The summed E-state index contributed by atoms with van der Waals surface area (Å²) in [6, 6.07) is 8.13. The maximum Gasteiger partial charge on any atom is 0.434 e. The molecule has 1 aromatic heterocycles. The SMILES string of the molecule is O=C(O)COCC1CCC(COC(=O)Nc2ncc(C(F)(F)F)nc2-c2ccccc2)CC1. The number of carboxylic acids is 1. The predicted octanol–water partition coefficient (Wildman–Crippen LogP) is 4.62. The van der Waals surface area contributed by atoms with E-state index < -0.39 is 23.9 Å². The van der Waals surface area contributed by atoms with E-state index in [1.165, 1.54) is 0 Å². The maximum absolute atomic E-state index is 13.1. The minimum absolute atomic E-state index is 0.107. The van der Waals surface area contributed by atoms with Crippen molar-refractivity contribution in [3.63, 3.8) is 0 Å². The molecule has 0 saturated heterocycles. The average molecular weight is 467 g/mol. The number of amides is 1. The number of hydrogen-bond donors (Lipinski definition) is 2. The molecule has 1 saturated carbocycles. The van der Waals surface area contributed by atoms with E-state index in [-0.39, 0.29) is 36.6 Å². The second-order valence-electron chi connectivity index (χ2n) is 7.84. The van der Waals surface area contributed by atoms with Gasteiger partial charge in [-0.15, -0.1) is 0 Å². The van der Waals surface area contributed by atoms with Crippen LogP contribution < -0.4 is 5.32 Å². The van der Waals surface area contributed by atoms with Crippen LogP contribution >= 0.6 is 0 Å². The van der Waals surface area contributed by atoms with Gasteiger partial charge in [-0.1, -0.05) is 30.3 Å². The highest BCUT2D eigenvalue weighted by molar-refractivity contribution is 5.88. The van der Waals surface area contributed by atoms with Crippen LogP contribution in [0.2, 0.25) is 0 Å². The molecule has 1 aliphatic rings. The largest absolute Gasteiger partial charge is 0.480 e. The van der Waals surface area contributed by atoms with Crippen molar-refractivity contribution in [2.45, 2.75) is 31.9 Å². The number of halogens is 3. The Kier molecular flexibility index (Phi) is 8.21. The lowest BCUT2D eigenvalue weighted by Gasteiger charge is -2.27. The highest BCUT2D eigenvalue weighted by atomic mass is 19.4. The van der Waals surface area contributed by atoms with Crippen LogP contribution in [0.1, 0.15) is 31.4 Å². The number of carboxylic acid groups (broad SMARTS) is 1. The zero-order valence-electron chi connectivity index (χ0n) is 17.7. The first kappa shape index (κ1) is 24.4. The van der Waals surface area contributed by atoms with Crippen LogP contribution in [0.3, 0.4) is 0 Å². The summed E-state index contributed by atoms with van der Waals surface area (Å²) in [6.07, 6.45) is -1.68. The smallest absolute Gasteiger partial charge is 0.434 e. The summed E-state index contributed by atoms with van der Waals surface area (Å²) in [5, 5.41) is 11.0. The van der Waals surface area contributed by atoms with Gasteiger partial charge in [0.1, 0.15) is 12.3 Å². The van der Waals surface area contributed by atoms with Crippen LogP contribution in [0.15, 0.2) is 36.5 Å². The fraction of sp³-hybridized carbons (Fsp3) is 0.455. The molecule has 1 amide bonds. The Labute approximate surface area is 188 Å². The number of alkyl halides is 3. The van der Waals surface area contributed by atoms with E-state index in [2.05, 4.69) is 15.3 Å². The number of nitrogens with zero attached hydrogens (tertiary/aromatic N) is 2. The molecular weight excluding hydrogens is 443 g/mol. The lowest BCUT2D eigenvalue weighted by molar-refractivity contribution is -0.143. The third-order valence-electron chi connectivity index (χ3n) is 5.33. The number of rotatable bonds is 8. The molecule has 1 fully saturated rings. The van der Waals surface area contributed by atoms with Gasteiger partial charge in [-0.3, -0.25) is 5.32 Å². The molecule has 0 unspecified atom stereocenters. The van der Waals surface area contributed by atoms with Crippen LogP contribution in [-0.4, -0.2) is 47.0 Å². The molecule has 33 heavy (non-hydrogen) atoms. The van der Waals surface area contributed by atoms with E-state index >= 15 is 0 Å². The zero-order chi connectivity index (χ0) is 23.8. The van der Waals surface area contributed by atoms with Gasteiger partial charge in [0.2, 0.25) is 0 Å². The summed E-state index contributed by atoms with van der Waals surface area (Å²) in [6.45, 7) is 0.222. The summed E-state index contributed by atoms with van der Waals surface area (Å²) in [5.41, 5.74) is -0.900. The fourth-order valence-corrected chi connectivity index (χ4v) is 3.62. The van der Waals surface area contributed by atoms with Crippen LogP contribution in [-0.2, 0) is 20.4 Å². The second kappa shape index (κ2) is 11.1. The predicted molar refractivity (Wildman–Crippen MR) is 111 cm³/mol. The third kappa shape index (κ3) is 7.41. The monoisotopic (exact) mass is 467 g/mol. The number of anilines is 1. The van der Waals surface area contributed by atoms with Gasteiger partial charge in [0.05, 0.1) is 19.4 Å². The fourth-order valence-electron chi connectivity index (χ4n) is 3.62. The number of aromatic nitrogens is 2. The van der Waals surface area contributed by atoms with Crippen molar-refractivity contribution in [3.05, 3.63) is 42.2 Å².